The summed E-state index contributed by atoms with van der Waals surface area (Å²) in [5.41, 5.74) is 2.33. The molecule has 4 rings (SSSR count). The van der Waals surface area contributed by atoms with Crippen molar-refractivity contribution in [3.63, 3.8) is 0 Å². The van der Waals surface area contributed by atoms with Crippen LogP contribution in [-0.2, 0) is 4.74 Å². The zero-order valence-electron chi connectivity index (χ0n) is 13.6. The van der Waals surface area contributed by atoms with Crippen LogP contribution in [0, 0.1) is 0 Å². The normalized spacial score (nSPS) is 14.5. The van der Waals surface area contributed by atoms with E-state index in [1.54, 1.807) is 17.0 Å². The molecule has 1 fully saturated rings. The molecule has 126 valence electrons. The fourth-order valence-electron chi connectivity index (χ4n) is 2.75. The molecule has 1 saturated heterocycles. The van der Waals surface area contributed by atoms with Crippen molar-refractivity contribution in [2.24, 2.45) is 0 Å². The van der Waals surface area contributed by atoms with Crippen molar-refractivity contribution in [3.8, 4) is 22.8 Å². The fraction of sp³-hybridized carbons (Fsp3) is 0.211. The lowest BCUT2D eigenvalue weighted by Crippen LogP contribution is -2.40. The van der Waals surface area contributed by atoms with E-state index in [1.165, 1.54) is 0 Å². The van der Waals surface area contributed by atoms with Crippen LogP contribution in [0.3, 0.4) is 0 Å². The minimum Gasteiger partial charge on any atom is -0.378 e. The molecule has 0 saturated carbocycles. The maximum absolute atomic E-state index is 12.5. The third-order valence-electron chi connectivity index (χ3n) is 4.14. The van der Waals surface area contributed by atoms with Crippen LogP contribution < -0.4 is 0 Å². The molecular weight excluding hydrogens is 318 g/mol. The second-order valence-electron chi connectivity index (χ2n) is 5.77. The molecule has 2 aromatic carbocycles. The average Bonchev–Trinajstić information content (AvgIpc) is 3.19. The number of hydrogen-bond donors (Lipinski definition) is 0. The summed E-state index contributed by atoms with van der Waals surface area (Å²) in [4.78, 5) is 18.7. The first-order chi connectivity index (χ1) is 12.3. The molecule has 1 aromatic heterocycles. The predicted octanol–water partition coefficient (Wildman–Crippen LogP) is 2.88. The van der Waals surface area contributed by atoms with Gasteiger partial charge in [-0.1, -0.05) is 35.5 Å². The molecular formula is C19H17N3O3. The monoisotopic (exact) mass is 335 g/mol. The van der Waals surface area contributed by atoms with Crippen LogP contribution >= 0.6 is 0 Å². The van der Waals surface area contributed by atoms with E-state index in [-0.39, 0.29) is 5.91 Å². The Morgan fingerprint density at radius 1 is 0.920 bits per heavy atom. The quantitative estimate of drug-likeness (QED) is 0.736. The summed E-state index contributed by atoms with van der Waals surface area (Å²) in [6.45, 7) is 2.44. The summed E-state index contributed by atoms with van der Waals surface area (Å²) in [5, 5.41) is 4.02. The van der Waals surface area contributed by atoms with Gasteiger partial charge in [0.05, 0.1) is 13.2 Å². The van der Waals surface area contributed by atoms with Crippen LogP contribution in [0.2, 0.25) is 0 Å². The van der Waals surface area contributed by atoms with Gasteiger partial charge >= 0.3 is 0 Å². The fourth-order valence-corrected chi connectivity index (χ4v) is 2.75. The van der Waals surface area contributed by atoms with Crippen molar-refractivity contribution >= 4 is 5.91 Å². The Kier molecular flexibility index (Phi) is 4.26. The number of ether oxygens (including phenoxy) is 1. The van der Waals surface area contributed by atoms with Crippen molar-refractivity contribution in [2.45, 2.75) is 0 Å². The number of rotatable bonds is 3. The van der Waals surface area contributed by atoms with Crippen LogP contribution in [0.15, 0.2) is 59.1 Å². The first kappa shape index (κ1) is 15.5. The highest BCUT2D eigenvalue weighted by Crippen LogP contribution is 2.22. The van der Waals surface area contributed by atoms with Gasteiger partial charge in [0.1, 0.15) is 0 Å². The van der Waals surface area contributed by atoms with Crippen LogP contribution in [0.5, 0.6) is 0 Å². The van der Waals surface area contributed by atoms with E-state index in [0.717, 1.165) is 11.1 Å². The minimum absolute atomic E-state index is 0.0188. The first-order valence-corrected chi connectivity index (χ1v) is 8.18. The Hall–Kier alpha value is -2.99. The molecule has 0 spiro atoms. The highest BCUT2D eigenvalue weighted by atomic mass is 16.5. The third kappa shape index (κ3) is 3.29. The maximum Gasteiger partial charge on any atom is 0.258 e. The van der Waals surface area contributed by atoms with Gasteiger partial charge < -0.3 is 14.2 Å². The summed E-state index contributed by atoms with van der Waals surface area (Å²) in [7, 11) is 0. The SMILES string of the molecule is O=C(c1ccc(-c2nc(-c3ccccc3)no2)cc1)N1CCOCC1. The summed E-state index contributed by atoms with van der Waals surface area (Å²) in [6.07, 6.45) is 0. The molecule has 0 radical (unpaired) electrons. The molecule has 0 atom stereocenters. The summed E-state index contributed by atoms with van der Waals surface area (Å²) >= 11 is 0. The number of morpholine rings is 1. The van der Waals surface area contributed by atoms with Crippen LogP contribution in [0.25, 0.3) is 22.8 Å². The van der Waals surface area contributed by atoms with Crippen molar-refractivity contribution < 1.29 is 14.1 Å². The van der Waals surface area contributed by atoms with E-state index in [0.29, 0.717) is 43.6 Å². The Balaban J connectivity index is 1.52. The Morgan fingerprint density at radius 2 is 1.64 bits per heavy atom. The van der Waals surface area contributed by atoms with Crippen LogP contribution in [0.4, 0.5) is 0 Å². The topological polar surface area (TPSA) is 68.5 Å². The summed E-state index contributed by atoms with van der Waals surface area (Å²) in [6, 6.07) is 16.9. The molecule has 2 heterocycles. The van der Waals surface area contributed by atoms with Crippen molar-refractivity contribution in [1.82, 2.24) is 15.0 Å². The lowest BCUT2D eigenvalue weighted by atomic mass is 10.1. The molecule has 6 heteroatoms. The van der Waals surface area contributed by atoms with E-state index in [9.17, 15) is 4.79 Å². The highest BCUT2D eigenvalue weighted by molar-refractivity contribution is 5.94. The average molecular weight is 335 g/mol. The second-order valence-corrected chi connectivity index (χ2v) is 5.77. The van der Waals surface area contributed by atoms with Gasteiger partial charge in [0.25, 0.3) is 11.8 Å². The van der Waals surface area contributed by atoms with Gasteiger partial charge in [0.15, 0.2) is 0 Å². The van der Waals surface area contributed by atoms with Gasteiger partial charge in [-0.25, -0.2) is 0 Å². The molecule has 25 heavy (non-hydrogen) atoms. The predicted molar refractivity (Wildman–Crippen MR) is 91.9 cm³/mol. The largest absolute Gasteiger partial charge is 0.378 e. The molecule has 1 aliphatic heterocycles. The number of nitrogens with zero attached hydrogens (tertiary/aromatic N) is 3. The van der Waals surface area contributed by atoms with Crippen LogP contribution in [0.1, 0.15) is 10.4 Å². The lowest BCUT2D eigenvalue weighted by Gasteiger charge is -2.26. The van der Waals surface area contributed by atoms with Gasteiger partial charge in [-0.15, -0.1) is 0 Å². The molecule has 0 aliphatic carbocycles. The smallest absolute Gasteiger partial charge is 0.258 e. The third-order valence-corrected chi connectivity index (χ3v) is 4.14. The molecule has 0 N–H and O–H groups in total. The van der Waals surface area contributed by atoms with E-state index < -0.39 is 0 Å². The number of carbonyl (C=O) groups excluding carboxylic acids is 1. The van der Waals surface area contributed by atoms with Gasteiger partial charge in [-0.2, -0.15) is 4.98 Å². The summed E-state index contributed by atoms with van der Waals surface area (Å²) < 4.78 is 10.6. The van der Waals surface area contributed by atoms with Crippen molar-refractivity contribution in [2.75, 3.05) is 26.3 Å². The number of benzene rings is 2. The molecule has 3 aromatic rings. The number of carbonyl (C=O) groups is 1. The van der Waals surface area contributed by atoms with Gasteiger partial charge in [0.2, 0.25) is 5.82 Å². The number of hydrogen-bond acceptors (Lipinski definition) is 5. The lowest BCUT2D eigenvalue weighted by molar-refractivity contribution is 0.0303. The molecule has 6 nitrogen and oxygen atoms in total. The second kappa shape index (κ2) is 6.86. The van der Waals surface area contributed by atoms with E-state index in [1.807, 2.05) is 42.5 Å². The van der Waals surface area contributed by atoms with Crippen molar-refractivity contribution in [3.05, 3.63) is 60.2 Å². The highest BCUT2D eigenvalue weighted by Gasteiger charge is 2.19. The van der Waals surface area contributed by atoms with Gasteiger partial charge in [-0.05, 0) is 24.3 Å². The van der Waals surface area contributed by atoms with Gasteiger partial charge in [-0.3, -0.25) is 4.79 Å². The summed E-state index contributed by atoms with van der Waals surface area (Å²) in [5.74, 6) is 0.999. The molecule has 0 bridgehead atoms. The molecule has 0 unspecified atom stereocenters. The maximum atomic E-state index is 12.5. The Bertz CT molecular complexity index is 853. The molecule has 1 amide bonds. The Labute approximate surface area is 145 Å². The first-order valence-electron chi connectivity index (χ1n) is 8.18. The number of amides is 1. The van der Waals surface area contributed by atoms with E-state index in [2.05, 4.69) is 10.1 Å². The van der Waals surface area contributed by atoms with Gasteiger partial charge in [0, 0.05) is 29.8 Å². The zero-order chi connectivity index (χ0) is 17.1. The zero-order valence-corrected chi connectivity index (χ0v) is 13.6. The van der Waals surface area contributed by atoms with E-state index in [4.69, 9.17) is 9.26 Å². The Morgan fingerprint density at radius 3 is 2.36 bits per heavy atom. The standard InChI is InChI=1S/C19H17N3O3/c23-19(22-10-12-24-13-11-22)16-8-6-15(7-9-16)18-20-17(21-25-18)14-4-2-1-3-5-14/h1-9H,10-13H2. The number of aromatic nitrogens is 2. The van der Waals surface area contributed by atoms with Crippen LogP contribution in [-0.4, -0.2) is 47.3 Å². The van der Waals surface area contributed by atoms with E-state index >= 15 is 0 Å². The van der Waals surface area contributed by atoms with Crippen molar-refractivity contribution in [1.29, 1.82) is 0 Å². The molecule has 1 aliphatic rings. The minimum atomic E-state index is 0.0188.